The lowest BCUT2D eigenvalue weighted by molar-refractivity contribution is -0.113. The maximum Gasteiger partial charge on any atom is 0.234 e. The molecule has 0 aliphatic heterocycles. The molecule has 1 aromatic carbocycles. The van der Waals surface area contributed by atoms with Crippen molar-refractivity contribution in [3.05, 3.63) is 44.9 Å². The van der Waals surface area contributed by atoms with Crippen molar-refractivity contribution in [2.24, 2.45) is 0 Å². The summed E-state index contributed by atoms with van der Waals surface area (Å²) in [7, 11) is 0. The lowest BCUT2D eigenvalue weighted by Crippen LogP contribution is -2.14. The Morgan fingerprint density at radius 2 is 2.08 bits per heavy atom. The van der Waals surface area contributed by atoms with E-state index in [-0.39, 0.29) is 11.7 Å². The molecule has 0 saturated heterocycles. The van der Waals surface area contributed by atoms with Crippen LogP contribution in [0.1, 0.15) is 16.9 Å². The molecule has 0 spiro atoms. The Morgan fingerprint density at radius 3 is 2.92 bits per heavy atom. The number of para-hydroxylation sites is 1. The van der Waals surface area contributed by atoms with Gasteiger partial charge in [-0.05, 0) is 37.0 Å². The first-order chi connectivity index (χ1) is 12.1. The summed E-state index contributed by atoms with van der Waals surface area (Å²) in [5, 5.41) is 5.29. The number of aryl methyl sites for hydroxylation is 2. The molecule has 1 N–H and O–H groups in total. The minimum atomic E-state index is -0.161. The van der Waals surface area contributed by atoms with E-state index in [4.69, 9.17) is 23.2 Å². The molecule has 1 aliphatic rings. The first-order valence-electron chi connectivity index (χ1n) is 7.77. The zero-order valence-corrected chi connectivity index (χ0v) is 16.2. The summed E-state index contributed by atoms with van der Waals surface area (Å²) in [6, 6.07) is 7.13. The van der Waals surface area contributed by atoms with Crippen LogP contribution in [-0.4, -0.2) is 21.6 Å². The van der Waals surface area contributed by atoms with Crippen molar-refractivity contribution >= 4 is 68.1 Å². The molecule has 3 aromatic rings. The summed E-state index contributed by atoms with van der Waals surface area (Å²) in [6.45, 7) is 0. The number of nitrogens with zero attached hydrogens (tertiary/aromatic N) is 2. The zero-order valence-electron chi connectivity index (χ0n) is 13.0. The average molecular weight is 410 g/mol. The SMILES string of the molecule is O=C(CSc1nc(Cl)c2c3c(sc2n1)CCC3)Nc1ccccc1Cl. The average Bonchev–Trinajstić information content (AvgIpc) is 3.15. The first-order valence-corrected chi connectivity index (χ1v) is 10.3. The van der Waals surface area contributed by atoms with Crippen LogP contribution in [0, 0.1) is 0 Å². The number of thioether (sulfide) groups is 1. The number of rotatable bonds is 4. The van der Waals surface area contributed by atoms with Gasteiger partial charge in [0, 0.05) is 4.88 Å². The Bertz CT molecular complexity index is 974. The fourth-order valence-electron chi connectivity index (χ4n) is 2.88. The third-order valence-corrected chi connectivity index (χ3v) is 6.62. The minimum Gasteiger partial charge on any atom is -0.324 e. The van der Waals surface area contributed by atoms with E-state index in [9.17, 15) is 4.79 Å². The normalized spacial score (nSPS) is 13.2. The number of fused-ring (bicyclic) bond motifs is 3. The van der Waals surface area contributed by atoms with Gasteiger partial charge in [-0.25, -0.2) is 9.97 Å². The van der Waals surface area contributed by atoms with Gasteiger partial charge in [0.1, 0.15) is 9.98 Å². The summed E-state index contributed by atoms with van der Waals surface area (Å²) in [5.41, 5.74) is 1.90. The Hall–Kier alpha value is -1.34. The van der Waals surface area contributed by atoms with Crippen LogP contribution < -0.4 is 5.32 Å². The maximum atomic E-state index is 12.1. The number of halogens is 2. The molecule has 4 nitrogen and oxygen atoms in total. The topological polar surface area (TPSA) is 54.9 Å². The van der Waals surface area contributed by atoms with Gasteiger partial charge >= 0.3 is 0 Å². The molecule has 0 unspecified atom stereocenters. The van der Waals surface area contributed by atoms with E-state index in [1.54, 1.807) is 23.5 Å². The second-order valence-corrected chi connectivity index (χ2v) is 8.44. The molecule has 1 amide bonds. The van der Waals surface area contributed by atoms with Crippen LogP contribution in [-0.2, 0) is 17.6 Å². The summed E-state index contributed by atoms with van der Waals surface area (Å²) in [6.07, 6.45) is 3.31. The van der Waals surface area contributed by atoms with Crippen LogP contribution in [0.3, 0.4) is 0 Å². The van der Waals surface area contributed by atoms with Crippen LogP contribution in [0.4, 0.5) is 5.69 Å². The second-order valence-electron chi connectivity index (χ2n) is 5.65. The molecule has 0 atom stereocenters. The summed E-state index contributed by atoms with van der Waals surface area (Å²) < 4.78 is 0. The van der Waals surface area contributed by atoms with Crippen molar-refractivity contribution in [3.8, 4) is 0 Å². The highest BCUT2D eigenvalue weighted by Gasteiger charge is 2.22. The number of anilines is 1. The Kier molecular flexibility index (Phi) is 4.86. The monoisotopic (exact) mass is 409 g/mol. The van der Waals surface area contributed by atoms with E-state index in [2.05, 4.69) is 15.3 Å². The number of hydrogen-bond acceptors (Lipinski definition) is 5. The van der Waals surface area contributed by atoms with Gasteiger partial charge in [0.2, 0.25) is 5.91 Å². The van der Waals surface area contributed by atoms with Gasteiger partial charge in [0.05, 0.1) is 21.8 Å². The predicted octanol–water partition coefficient (Wildman–Crippen LogP) is 5.22. The molecule has 128 valence electrons. The first kappa shape index (κ1) is 17.1. The Labute approximate surface area is 163 Å². The van der Waals surface area contributed by atoms with Crippen LogP contribution in [0.15, 0.2) is 29.4 Å². The molecular weight excluding hydrogens is 397 g/mol. The number of amides is 1. The number of aromatic nitrogens is 2. The maximum absolute atomic E-state index is 12.1. The van der Waals surface area contributed by atoms with Gasteiger partial charge in [-0.2, -0.15) is 0 Å². The van der Waals surface area contributed by atoms with Crippen LogP contribution in [0.5, 0.6) is 0 Å². The highest BCUT2D eigenvalue weighted by Crippen LogP contribution is 2.40. The number of carbonyl (C=O) groups excluding carboxylic acids is 1. The van der Waals surface area contributed by atoms with E-state index in [0.29, 0.717) is 21.0 Å². The molecule has 1 aliphatic carbocycles. The summed E-state index contributed by atoms with van der Waals surface area (Å²) in [4.78, 5) is 23.3. The predicted molar refractivity (Wildman–Crippen MR) is 105 cm³/mol. The molecular formula is C17H13Cl2N3OS2. The van der Waals surface area contributed by atoms with Gasteiger partial charge in [-0.1, -0.05) is 47.1 Å². The Balaban J connectivity index is 1.48. The van der Waals surface area contributed by atoms with Crippen molar-refractivity contribution in [2.45, 2.75) is 24.4 Å². The van der Waals surface area contributed by atoms with Gasteiger partial charge in [-0.3, -0.25) is 4.79 Å². The number of carbonyl (C=O) groups is 1. The van der Waals surface area contributed by atoms with E-state index >= 15 is 0 Å². The van der Waals surface area contributed by atoms with E-state index in [0.717, 1.165) is 23.1 Å². The number of hydrogen-bond donors (Lipinski definition) is 1. The van der Waals surface area contributed by atoms with Crippen molar-refractivity contribution in [1.82, 2.24) is 9.97 Å². The summed E-state index contributed by atoms with van der Waals surface area (Å²) >= 11 is 15.4. The van der Waals surface area contributed by atoms with Gasteiger partial charge in [-0.15, -0.1) is 11.3 Å². The molecule has 0 bridgehead atoms. The molecule has 0 saturated carbocycles. The minimum absolute atomic E-state index is 0.161. The molecule has 0 fully saturated rings. The van der Waals surface area contributed by atoms with Crippen LogP contribution >= 0.6 is 46.3 Å². The fourth-order valence-corrected chi connectivity index (χ4v) is 5.41. The van der Waals surface area contributed by atoms with Crippen molar-refractivity contribution in [1.29, 1.82) is 0 Å². The molecule has 0 radical (unpaired) electrons. The van der Waals surface area contributed by atoms with Gasteiger partial charge in [0.25, 0.3) is 0 Å². The van der Waals surface area contributed by atoms with Gasteiger partial charge in [0.15, 0.2) is 5.16 Å². The third-order valence-electron chi connectivity index (χ3n) is 3.98. The van der Waals surface area contributed by atoms with Crippen LogP contribution in [0.2, 0.25) is 10.2 Å². The molecule has 25 heavy (non-hydrogen) atoms. The Morgan fingerprint density at radius 1 is 1.24 bits per heavy atom. The van der Waals surface area contributed by atoms with Crippen LogP contribution in [0.25, 0.3) is 10.2 Å². The largest absolute Gasteiger partial charge is 0.324 e. The third kappa shape index (κ3) is 3.49. The summed E-state index contributed by atoms with van der Waals surface area (Å²) in [5.74, 6) is 0.0320. The number of thiophene rings is 1. The van der Waals surface area contributed by atoms with E-state index < -0.39 is 0 Å². The standard InChI is InChI=1S/C17H13Cl2N3OS2/c18-10-5-1-2-6-11(10)20-13(23)8-24-17-21-15(19)14-9-4-3-7-12(9)25-16(14)22-17/h1-2,5-6H,3-4,7-8H2,(H,20,23). The van der Waals surface area contributed by atoms with Gasteiger partial charge < -0.3 is 5.32 Å². The molecule has 2 heterocycles. The molecule has 2 aromatic heterocycles. The van der Waals surface area contributed by atoms with Crippen molar-refractivity contribution in [3.63, 3.8) is 0 Å². The van der Waals surface area contributed by atoms with Crippen molar-refractivity contribution < 1.29 is 4.79 Å². The second kappa shape index (κ2) is 7.11. The smallest absolute Gasteiger partial charge is 0.234 e. The lowest BCUT2D eigenvalue weighted by atomic mass is 10.2. The highest BCUT2D eigenvalue weighted by atomic mass is 35.5. The zero-order chi connectivity index (χ0) is 17.4. The van der Waals surface area contributed by atoms with Crippen molar-refractivity contribution in [2.75, 3.05) is 11.1 Å². The lowest BCUT2D eigenvalue weighted by Gasteiger charge is -2.06. The van der Waals surface area contributed by atoms with E-state index in [1.165, 1.54) is 28.6 Å². The quantitative estimate of drug-likeness (QED) is 0.364. The number of nitrogens with one attached hydrogen (secondary N) is 1. The fraction of sp³-hybridized carbons (Fsp3) is 0.235. The highest BCUT2D eigenvalue weighted by molar-refractivity contribution is 7.99. The molecule has 4 rings (SSSR count). The molecule has 8 heteroatoms. The number of benzene rings is 1. The van der Waals surface area contributed by atoms with E-state index in [1.807, 2.05) is 12.1 Å².